The number of fused-ring (bicyclic) bond motifs is 1. The van der Waals surface area contributed by atoms with Gasteiger partial charge in [0.05, 0.1) is 0 Å². The predicted octanol–water partition coefficient (Wildman–Crippen LogP) is 5.87. The molecule has 0 N–H and O–H groups in total. The van der Waals surface area contributed by atoms with Crippen molar-refractivity contribution in [1.29, 1.82) is 0 Å². The number of hydrogen-bond acceptors (Lipinski definition) is 3. The van der Waals surface area contributed by atoms with E-state index in [0.717, 1.165) is 44.9 Å². The monoisotopic (exact) mass is 374 g/mol. The Labute approximate surface area is 165 Å². The van der Waals surface area contributed by atoms with Crippen LogP contribution in [0.5, 0.6) is 0 Å². The van der Waals surface area contributed by atoms with Crippen LogP contribution in [0.1, 0.15) is 92.4 Å². The van der Waals surface area contributed by atoms with Crippen molar-refractivity contribution in [1.82, 2.24) is 0 Å². The number of ketones is 1. The van der Waals surface area contributed by atoms with Gasteiger partial charge < -0.3 is 4.74 Å². The second kappa shape index (κ2) is 7.37. The van der Waals surface area contributed by atoms with Crippen LogP contribution in [0, 0.1) is 28.6 Å². The largest absolute Gasteiger partial charge is 0.461 e. The lowest BCUT2D eigenvalue weighted by Gasteiger charge is -2.54. The van der Waals surface area contributed by atoms with Gasteiger partial charge in [0.1, 0.15) is 5.60 Å². The molecule has 0 aromatic heterocycles. The van der Waals surface area contributed by atoms with E-state index in [1.165, 1.54) is 12.0 Å². The average Bonchev–Trinajstić information content (AvgIpc) is 2.86. The highest BCUT2D eigenvalue weighted by Gasteiger charge is 2.60. The third-order valence-electron chi connectivity index (χ3n) is 8.89. The van der Waals surface area contributed by atoms with Crippen LogP contribution >= 0.6 is 0 Å². The lowest BCUT2D eigenvalue weighted by molar-refractivity contribution is -0.161. The van der Waals surface area contributed by atoms with Gasteiger partial charge in [0.2, 0.25) is 0 Å². The molecule has 0 bridgehead atoms. The van der Waals surface area contributed by atoms with Crippen LogP contribution in [0.2, 0.25) is 0 Å². The van der Waals surface area contributed by atoms with E-state index in [2.05, 4.69) is 34.6 Å². The highest BCUT2D eigenvalue weighted by molar-refractivity contribution is 5.91. The Morgan fingerprint density at radius 2 is 1.89 bits per heavy atom. The van der Waals surface area contributed by atoms with Crippen molar-refractivity contribution in [2.75, 3.05) is 0 Å². The van der Waals surface area contributed by atoms with Crippen LogP contribution in [-0.2, 0) is 14.3 Å². The molecule has 2 saturated carbocycles. The Morgan fingerprint density at radius 1 is 1.15 bits per heavy atom. The first-order valence-electron chi connectivity index (χ1n) is 11.1. The number of ether oxygens (including phenoxy) is 1. The fourth-order valence-electron chi connectivity index (χ4n) is 7.36. The summed E-state index contributed by atoms with van der Waals surface area (Å²) >= 11 is 0. The molecule has 3 rings (SSSR count). The van der Waals surface area contributed by atoms with Crippen molar-refractivity contribution >= 4 is 12.3 Å². The molecular formula is C24H38O3. The molecule has 5 atom stereocenters. The normalized spacial score (nSPS) is 41.0. The van der Waals surface area contributed by atoms with Crippen molar-refractivity contribution in [3.8, 4) is 0 Å². The minimum Gasteiger partial charge on any atom is -0.461 e. The number of carbonyl (C=O) groups excluding carboxylic acids is 2. The summed E-state index contributed by atoms with van der Waals surface area (Å²) in [5.41, 5.74) is 1.25. The number of allylic oxidation sites excluding steroid dienone is 2. The summed E-state index contributed by atoms with van der Waals surface area (Å²) in [6.07, 6.45) is 11.2. The first-order chi connectivity index (χ1) is 12.8. The minimum absolute atomic E-state index is 0.00985. The zero-order valence-electron chi connectivity index (χ0n) is 18.0. The van der Waals surface area contributed by atoms with E-state index in [4.69, 9.17) is 4.74 Å². The molecule has 3 aliphatic rings. The molecule has 0 spiro atoms. The van der Waals surface area contributed by atoms with Crippen LogP contribution in [0.3, 0.4) is 0 Å². The maximum absolute atomic E-state index is 12.0. The topological polar surface area (TPSA) is 43.4 Å². The molecule has 0 aromatic carbocycles. The molecule has 3 aliphatic carbocycles. The van der Waals surface area contributed by atoms with Gasteiger partial charge in [0.15, 0.2) is 5.78 Å². The molecule has 0 saturated heterocycles. The van der Waals surface area contributed by atoms with Gasteiger partial charge in [-0.3, -0.25) is 9.59 Å². The molecule has 0 aromatic rings. The van der Waals surface area contributed by atoms with E-state index in [9.17, 15) is 9.59 Å². The lowest BCUT2D eigenvalue weighted by atomic mass is 9.51. The third-order valence-corrected chi connectivity index (χ3v) is 8.89. The summed E-state index contributed by atoms with van der Waals surface area (Å²) in [6.45, 7) is 12.3. The Morgan fingerprint density at radius 3 is 2.52 bits per heavy atom. The van der Waals surface area contributed by atoms with Crippen LogP contribution in [0.25, 0.3) is 0 Å². The van der Waals surface area contributed by atoms with E-state index in [-0.39, 0.29) is 16.4 Å². The molecule has 3 heteroatoms. The lowest BCUT2D eigenvalue weighted by Crippen LogP contribution is -2.50. The van der Waals surface area contributed by atoms with Crippen LogP contribution < -0.4 is 0 Å². The van der Waals surface area contributed by atoms with E-state index in [1.54, 1.807) is 0 Å². The molecule has 0 aliphatic heterocycles. The second-order valence-corrected chi connectivity index (χ2v) is 10.1. The van der Waals surface area contributed by atoms with E-state index in [1.807, 2.05) is 6.08 Å². The van der Waals surface area contributed by atoms with Crippen LogP contribution in [-0.4, -0.2) is 17.9 Å². The van der Waals surface area contributed by atoms with E-state index in [0.29, 0.717) is 36.4 Å². The molecule has 0 radical (unpaired) electrons. The molecule has 2 fully saturated rings. The van der Waals surface area contributed by atoms with Crippen molar-refractivity contribution in [3.63, 3.8) is 0 Å². The first kappa shape index (κ1) is 20.6. The van der Waals surface area contributed by atoms with Gasteiger partial charge in [-0.2, -0.15) is 0 Å². The quantitative estimate of drug-likeness (QED) is 0.546. The average molecular weight is 375 g/mol. The van der Waals surface area contributed by atoms with Gasteiger partial charge in [-0.05, 0) is 67.8 Å². The maximum atomic E-state index is 12.0. The Balaban J connectivity index is 1.93. The van der Waals surface area contributed by atoms with Crippen molar-refractivity contribution in [3.05, 3.63) is 11.6 Å². The SMILES string of the molecule is CCC[C@]1(OC=O)CCC(C2CCC3=CC(=O)CCC3(C)C2CC)C1(C)C. The third kappa shape index (κ3) is 3.09. The second-order valence-electron chi connectivity index (χ2n) is 10.1. The molecule has 152 valence electrons. The Kier molecular flexibility index (Phi) is 5.62. The number of rotatable bonds is 6. The minimum atomic E-state index is -0.313. The van der Waals surface area contributed by atoms with Gasteiger partial charge in [0.25, 0.3) is 6.47 Å². The highest BCUT2D eigenvalue weighted by Crippen LogP contribution is 2.63. The predicted molar refractivity (Wildman–Crippen MR) is 108 cm³/mol. The fourth-order valence-corrected chi connectivity index (χ4v) is 7.36. The Hall–Kier alpha value is -1.12. The van der Waals surface area contributed by atoms with Gasteiger partial charge >= 0.3 is 0 Å². The van der Waals surface area contributed by atoms with Crippen LogP contribution in [0.4, 0.5) is 0 Å². The van der Waals surface area contributed by atoms with E-state index >= 15 is 0 Å². The van der Waals surface area contributed by atoms with Crippen molar-refractivity contribution in [2.45, 2.75) is 98.0 Å². The molecule has 0 heterocycles. The smallest absolute Gasteiger partial charge is 0.293 e. The van der Waals surface area contributed by atoms with Gasteiger partial charge in [-0.15, -0.1) is 0 Å². The molecular weight excluding hydrogens is 336 g/mol. The number of carbonyl (C=O) groups is 2. The maximum Gasteiger partial charge on any atom is 0.293 e. The summed E-state index contributed by atoms with van der Waals surface area (Å²) in [5.74, 6) is 2.15. The van der Waals surface area contributed by atoms with Gasteiger partial charge in [0, 0.05) is 11.8 Å². The fraction of sp³-hybridized carbons (Fsp3) is 0.833. The summed E-state index contributed by atoms with van der Waals surface area (Å²) in [5, 5.41) is 0. The standard InChI is InChI=1S/C24H38O3/c1-6-12-24(27-16-25)14-11-21(22(24,3)4)19-9-8-17-15-18(26)10-13-23(17,5)20(19)7-2/h15-16,19-21H,6-14H2,1-5H3/t19?,20?,21?,23?,24-/m0/s1. The van der Waals surface area contributed by atoms with Crippen molar-refractivity contribution in [2.24, 2.45) is 28.6 Å². The van der Waals surface area contributed by atoms with Crippen LogP contribution in [0.15, 0.2) is 11.6 Å². The van der Waals surface area contributed by atoms with Crippen molar-refractivity contribution < 1.29 is 14.3 Å². The summed E-state index contributed by atoms with van der Waals surface area (Å²) in [7, 11) is 0. The van der Waals surface area contributed by atoms with Gasteiger partial charge in [-0.25, -0.2) is 0 Å². The summed E-state index contributed by atoms with van der Waals surface area (Å²) in [6, 6.07) is 0. The molecule has 4 unspecified atom stereocenters. The zero-order valence-corrected chi connectivity index (χ0v) is 18.0. The zero-order chi connectivity index (χ0) is 19.9. The Bertz CT molecular complexity index is 619. The van der Waals surface area contributed by atoms with Gasteiger partial charge in [-0.1, -0.05) is 53.0 Å². The molecule has 27 heavy (non-hydrogen) atoms. The molecule has 0 amide bonds. The number of hydrogen-bond donors (Lipinski definition) is 0. The molecule has 3 nitrogen and oxygen atoms in total. The van der Waals surface area contributed by atoms with E-state index < -0.39 is 0 Å². The summed E-state index contributed by atoms with van der Waals surface area (Å²) in [4.78, 5) is 23.3. The summed E-state index contributed by atoms with van der Waals surface area (Å²) < 4.78 is 5.85. The highest BCUT2D eigenvalue weighted by atomic mass is 16.5. The first-order valence-corrected chi connectivity index (χ1v) is 11.1.